The summed E-state index contributed by atoms with van der Waals surface area (Å²) in [6.45, 7) is 14.7. The second-order valence-electron chi connectivity index (χ2n) is 12.2. The van der Waals surface area contributed by atoms with Crippen LogP contribution in [0.25, 0.3) is 0 Å². The number of hydrogen-bond acceptors (Lipinski definition) is 1. The molecule has 0 bridgehead atoms. The van der Waals surface area contributed by atoms with Gasteiger partial charge in [-0.1, -0.05) is 65.3 Å². The van der Waals surface area contributed by atoms with E-state index in [1.54, 1.807) is 5.57 Å². The van der Waals surface area contributed by atoms with Crippen molar-refractivity contribution in [2.24, 2.45) is 52.3 Å². The first-order valence-corrected chi connectivity index (χ1v) is 12.7. The Morgan fingerprint density at radius 3 is 2.45 bits per heavy atom. The van der Waals surface area contributed by atoms with Gasteiger partial charge < -0.3 is 5.11 Å². The van der Waals surface area contributed by atoms with Crippen LogP contribution < -0.4 is 0 Å². The maximum atomic E-state index is 10.2. The summed E-state index contributed by atoms with van der Waals surface area (Å²) >= 11 is 0. The van der Waals surface area contributed by atoms with Crippen LogP contribution in [0.3, 0.4) is 0 Å². The van der Waals surface area contributed by atoms with E-state index in [0.29, 0.717) is 22.7 Å². The molecule has 164 valence electrons. The predicted octanol–water partition coefficient (Wildman–Crippen LogP) is 7.41. The van der Waals surface area contributed by atoms with Gasteiger partial charge in [0.2, 0.25) is 0 Å². The van der Waals surface area contributed by atoms with Crippen LogP contribution in [0.2, 0.25) is 0 Å². The van der Waals surface area contributed by atoms with Crippen molar-refractivity contribution < 1.29 is 5.11 Å². The number of aliphatic hydroxyl groups is 1. The van der Waals surface area contributed by atoms with Crippen molar-refractivity contribution in [2.75, 3.05) is 0 Å². The summed E-state index contributed by atoms with van der Waals surface area (Å²) in [6, 6.07) is 0. The maximum absolute atomic E-state index is 10.2. The van der Waals surface area contributed by atoms with Gasteiger partial charge in [-0.05, 0) is 104 Å². The van der Waals surface area contributed by atoms with Gasteiger partial charge in [0.05, 0.1) is 6.10 Å². The highest BCUT2D eigenvalue weighted by molar-refractivity contribution is 5.25. The molecule has 0 spiro atoms. The summed E-state index contributed by atoms with van der Waals surface area (Å²) in [7, 11) is 0. The summed E-state index contributed by atoms with van der Waals surface area (Å²) < 4.78 is 0. The minimum atomic E-state index is -0.0866. The molecule has 3 saturated carbocycles. The molecule has 4 aliphatic rings. The van der Waals surface area contributed by atoms with Crippen LogP contribution >= 0.6 is 0 Å². The summed E-state index contributed by atoms with van der Waals surface area (Å²) in [5, 5.41) is 10.2. The normalized spacial score (nSPS) is 46.8. The molecule has 0 heterocycles. The number of allylic oxidation sites excluding steroid dienone is 3. The molecule has 1 unspecified atom stereocenters. The fraction of sp³-hybridized carbons (Fsp3) is 0.857. The van der Waals surface area contributed by atoms with E-state index in [1.165, 1.54) is 38.5 Å². The third kappa shape index (κ3) is 3.58. The average molecular weight is 399 g/mol. The van der Waals surface area contributed by atoms with Crippen LogP contribution in [0.1, 0.15) is 92.9 Å². The molecular formula is C28H46O. The van der Waals surface area contributed by atoms with Crippen molar-refractivity contribution in [3.8, 4) is 0 Å². The van der Waals surface area contributed by atoms with Crippen LogP contribution in [0.15, 0.2) is 23.8 Å². The molecule has 1 nitrogen and oxygen atoms in total. The fourth-order valence-corrected chi connectivity index (χ4v) is 8.25. The Bertz CT molecular complexity index is 659. The number of hydrogen-bond donors (Lipinski definition) is 1. The van der Waals surface area contributed by atoms with Crippen molar-refractivity contribution in [3.05, 3.63) is 23.8 Å². The quantitative estimate of drug-likeness (QED) is 0.489. The second kappa shape index (κ2) is 7.85. The minimum Gasteiger partial charge on any atom is -0.393 e. The lowest BCUT2D eigenvalue weighted by Gasteiger charge is -2.58. The molecule has 0 radical (unpaired) electrons. The Morgan fingerprint density at radius 2 is 1.72 bits per heavy atom. The van der Waals surface area contributed by atoms with Crippen molar-refractivity contribution in [3.63, 3.8) is 0 Å². The lowest BCUT2D eigenvalue weighted by molar-refractivity contribution is -0.0540. The Hall–Kier alpha value is -0.560. The first kappa shape index (κ1) is 21.7. The first-order valence-electron chi connectivity index (χ1n) is 12.7. The summed E-state index contributed by atoms with van der Waals surface area (Å²) in [4.78, 5) is 0. The third-order valence-corrected chi connectivity index (χ3v) is 10.6. The topological polar surface area (TPSA) is 20.2 Å². The number of fused-ring (bicyclic) bond motifs is 5. The van der Waals surface area contributed by atoms with E-state index in [4.69, 9.17) is 0 Å². The van der Waals surface area contributed by atoms with Crippen molar-refractivity contribution >= 4 is 0 Å². The minimum absolute atomic E-state index is 0.0866. The Morgan fingerprint density at radius 1 is 0.966 bits per heavy atom. The van der Waals surface area contributed by atoms with Crippen molar-refractivity contribution in [1.29, 1.82) is 0 Å². The fourth-order valence-electron chi connectivity index (χ4n) is 8.25. The molecule has 0 aromatic rings. The molecule has 0 aliphatic heterocycles. The number of rotatable bonds is 4. The van der Waals surface area contributed by atoms with E-state index in [2.05, 4.69) is 59.8 Å². The predicted molar refractivity (Wildman–Crippen MR) is 124 cm³/mol. The largest absolute Gasteiger partial charge is 0.393 e. The van der Waals surface area contributed by atoms with E-state index >= 15 is 0 Å². The zero-order valence-electron chi connectivity index (χ0n) is 20.0. The van der Waals surface area contributed by atoms with E-state index in [1.807, 2.05) is 0 Å². The highest BCUT2D eigenvalue weighted by atomic mass is 16.3. The smallest absolute Gasteiger partial charge is 0.0577 e. The van der Waals surface area contributed by atoms with E-state index in [9.17, 15) is 5.11 Å². The standard InChI is InChI=1S/C28H46O/c1-18(2)19(3)7-8-20(4)24-11-12-25-23-10-9-21-17-22(29)13-15-27(21,5)26(23)14-16-28(24,25)6/h7-9,18-20,22-26,29H,10-17H2,1-6H3/b8-7+/t19-,20-,22?,23+,24-,25+,26+,27+,28-/m1/s1. The molecule has 0 aromatic heterocycles. The molecule has 0 aromatic carbocycles. The Labute approximate surface area is 180 Å². The number of aliphatic hydroxyl groups excluding tert-OH is 1. The molecular weight excluding hydrogens is 352 g/mol. The lowest BCUT2D eigenvalue weighted by Crippen LogP contribution is -2.50. The molecule has 3 fully saturated rings. The monoisotopic (exact) mass is 398 g/mol. The molecule has 9 atom stereocenters. The zero-order chi connectivity index (χ0) is 21.0. The van der Waals surface area contributed by atoms with Gasteiger partial charge in [-0.2, -0.15) is 0 Å². The van der Waals surface area contributed by atoms with Crippen LogP contribution in [0, 0.1) is 52.3 Å². The van der Waals surface area contributed by atoms with Gasteiger partial charge >= 0.3 is 0 Å². The van der Waals surface area contributed by atoms with Gasteiger partial charge in [0.25, 0.3) is 0 Å². The van der Waals surface area contributed by atoms with Gasteiger partial charge in [0.1, 0.15) is 0 Å². The third-order valence-electron chi connectivity index (χ3n) is 10.6. The van der Waals surface area contributed by atoms with Crippen LogP contribution in [0.5, 0.6) is 0 Å². The van der Waals surface area contributed by atoms with Crippen LogP contribution in [-0.2, 0) is 0 Å². The van der Waals surface area contributed by atoms with Crippen LogP contribution in [-0.4, -0.2) is 11.2 Å². The van der Waals surface area contributed by atoms with Crippen molar-refractivity contribution in [2.45, 2.75) is 99.0 Å². The van der Waals surface area contributed by atoms with Gasteiger partial charge in [0.15, 0.2) is 0 Å². The molecule has 1 N–H and O–H groups in total. The SMILES string of the molecule is CC(C)[C@H](C)/C=C/[C@@H](C)[C@H]1CC[C@H]2[C@@H]3CC=C4CC(O)CC[C@]4(C)[C@H]3CC[C@]12C. The maximum Gasteiger partial charge on any atom is 0.0577 e. The molecule has 0 saturated heterocycles. The first-order chi connectivity index (χ1) is 13.7. The Balaban J connectivity index is 1.53. The molecule has 0 amide bonds. The van der Waals surface area contributed by atoms with Crippen molar-refractivity contribution in [1.82, 2.24) is 0 Å². The summed E-state index contributed by atoms with van der Waals surface area (Å²) in [5.41, 5.74) is 2.51. The molecule has 4 aliphatic carbocycles. The van der Waals surface area contributed by atoms with Crippen LogP contribution in [0.4, 0.5) is 0 Å². The molecule has 4 rings (SSSR count). The molecule has 1 heteroatoms. The second-order valence-corrected chi connectivity index (χ2v) is 12.2. The van der Waals surface area contributed by atoms with E-state index in [-0.39, 0.29) is 6.10 Å². The van der Waals surface area contributed by atoms with Gasteiger partial charge in [-0.3, -0.25) is 0 Å². The lowest BCUT2D eigenvalue weighted by atomic mass is 9.47. The summed E-state index contributed by atoms with van der Waals surface area (Å²) in [5.74, 6) is 5.63. The molecule has 29 heavy (non-hydrogen) atoms. The highest BCUT2D eigenvalue weighted by Crippen LogP contribution is 2.67. The van der Waals surface area contributed by atoms with Gasteiger partial charge in [0, 0.05) is 0 Å². The highest BCUT2D eigenvalue weighted by Gasteiger charge is 2.58. The van der Waals surface area contributed by atoms with E-state index < -0.39 is 0 Å². The average Bonchev–Trinajstić information content (AvgIpc) is 3.03. The summed E-state index contributed by atoms with van der Waals surface area (Å²) in [6.07, 6.45) is 17.7. The van der Waals surface area contributed by atoms with Gasteiger partial charge in [-0.15, -0.1) is 0 Å². The van der Waals surface area contributed by atoms with E-state index in [0.717, 1.165) is 42.4 Å². The Kier molecular flexibility index (Phi) is 5.86. The zero-order valence-corrected chi connectivity index (χ0v) is 20.0. The van der Waals surface area contributed by atoms with Gasteiger partial charge in [-0.25, -0.2) is 0 Å².